The van der Waals surface area contributed by atoms with Gasteiger partial charge < -0.3 is 21.1 Å². The lowest BCUT2D eigenvalue weighted by Crippen LogP contribution is -2.42. The number of aliphatic carboxylic acids is 1. The molecule has 0 aliphatic rings. The number of hydrogen-bond donors (Lipinski definition) is 4. The van der Waals surface area contributed by atoms with Gasteiger partial charge in [-0.05, 0) is 19.8 Å². The number of urea groups is 1. The van der Waals surface area contributed by atoms with E-state index < -0.39 is 17.9 Å². The average molecular weight is 259 g/mol. The zero-order valence-corrected chi connectivity index (χ0v) is 10.8. The van der Waals surface area contributed by atoms with Gasteiger partial charge in [-0.2, -0.15) is 0 Å². The number of amides is 3. The number of carbonyl (C=O) groups excluding carboxylic acids is 2. The zero-order valence-electron chi connectivity index (χ0n) is 10.8. The Hall–Kier alpha value is -1.79. The molecule has 0 spiro atoms. The lowest BCUT2D eigenvalue weighted by atomic mass is 10.1. The van der Waals surface area contributed by atoms with Crippen LogP contribution in [0, 0.1) is 5.92 Å². The van der Waals surface area contributed by atoms with Crippen molar-refractivity contribution < 1.29 is 19.5 Å². The van der Waals surface area contributed by atoms with E-state index in [0.717, 1.165) is 0 Å². The van der Waals surface area contributed by atoms with E-state index in [1.807, 2.05) is 0 Å². The van der Waals surface area contributed by atoms with Crippen LogP contribution in [0.3, 0.4) is 0 Å². The summed E-state index contributed by atoms with van der Waals surface area (Å²) in [6, 6.07) is -0.427. The topological polar surface area (TPSA) is 108 Å². The Balaban J connectivity index is 3.54. The van der Waals surface area contributed by atoms with Crippen LogP contribution in [-0.4, -0.2) is 42.6 Å². The fourth-order valence-corrected chi connectivity index (χ4v) is 1.22. The molecule has 104 valence electrons. The van der Waals surface area contributed by atoms with Gasteiger partial charge in [0.2, 0.25) is 5.91 Å². The third kappa shape index (κ3) is 8.37. The Morgan fingerprint density at radius 2 is 1.83 bits per heavy atom. The van der Waals surface area contributed by atoms with E-state index in [1.54, 1.807) is 13.8 Å². The minimum atomic E-state index is -0.837. The first-order valence-corrected chi connectivity index (χ1v) is 5.98. The van der Waals surface area contributed by atoms with Crippen molar-refractivity contribution in [3.05, 3.63) is 0 Å². The zero-order chi connectivity index (χ0) is 14.0. The highest BCUT2D eigenvalue weighted by molar-refractivity contribution is 5.83. The van der Waals surface area contributed by atoms with Gasteiger partial charge in [-0.3, -0.25) is 9.59 Å². The number of carbonyl (C=O) groups is 3. The number of nitrogens with one attached hydrogen (secondary N) is 3. The Morgan fingerprint density at radius 3 is 2.39 bits per heavy atom. The van der Waals surface area contributed by atoms with Gasteiger partial charge in [0.15, 0.2) is 0 Å². The molecule has 0 rings (SSSR count). The van der Waals surface area contributed by atoms with Crippen LogP contribution in [0.4, 0.5) is 4.79 Å². The smallest absolute Gasteiger partial charge is 0.315 e. The van der Waals surface area contributed by atoms with Crippen molar-refractivity contribution in [1.82, 2.24) is 16.0 Å². The Morgan fingerprint density at radius 1 is 1.17 bits per heavy atom. The molecule has 1 unspecified atom stereocenters. The largest absolute Gasteiger partial charge is 0.481 e. The molecule has 0 aromatic carbocycles. The van der Waals surface area contributed by atoms with E-state index in [0.29, 0.717) is 25.9 Å². The quantitative estimate of drug-likeness (QED) is 0.457. The molecule has 0 radical (unpaired) electrons. The lowest BCUT2D eigenvalue weighted by Gasteiger charge is -2.08. The standard InChI is InChI=1S/C11H21N3O4/c1-3-12-9(15)7-14-11(18)13-6-4-5-8(2)10(16)17/h8H,3-7H2,1-2H3,(H,12,15)(H,16,17)(H2,13,14,18). The summed E-state index contributed by atoms with van der Waals surface area (Å²) in [6.07, 6.45) is 1.09. The van der Waals surface area contributed by atoms with Crippen LogP contribution in [0.25, 0.3) is 0 Å². The van der Waals surface area contributed by atoms with Gasteiger partial charge in [0.25, 0.3) is 0 Å². The highest BCUT2D eigenvalue weighted by Gasteiger charge is 2.10. The highest BCUT2D eigenvalue weighted by Crippen LogP contribution is 2.03. The number of hydrogen-bond acceptors (Lipinski definition) is 3. The van der Waals surface area contributed by atoms with Crippen molar-refractivity contribution in [2.24, 2.45) is 5.92 Å². The van der Waals surface area contributed by atoms with Crippen LogP contribution in [0.5, 0.6) is 0 Å². The highest BCUT2D eigenvalue weighted by atomic mass is 16.4. The van der Waals surface area contributed by atoms with Crippen molar-refractivity contribution in [3.63, 3.8) is 0 Å². The van der Waals surface area contributed by atoms with Gasteiger partial charge in [-0.1, -0.05) is 6.92 Å². The first kappa shape index (κ1) is 16.2. The average Bonchev–Trinajstić information content (AvgIpc) is 2.32. The van der Waals surface area contributed by atoms with Gasteiger partial charge in [0.1, 0.15) is 0 Å². The molecule has 7 heteroatoms. The minimum Gasteiger partial charge on any atom is -0.481 e. The van der Waals surface area contributed by atoms with Crippen molar-refractivity contribution in [2.75, 3.05) is 19.6 Å². The fourth-order valence-electron chi connectivity index (χ4n) is 1.22. The second kappa shape index (κ2) is 9.26. The molecule has 0 bridgehead atoms. The van der Waals surface area contributed by atoms with Crippen molar-refractivity contribution in [1.29, 1.82) is 0 Å². The van der Waals surface area contributed by atoms with E-state index in [-0.39, 0.29) is 12.5 Å². The first-order valence-electron chi connectivity index (χ1n) is 5.98. The van der Waals surface area contributed by atoms with E-state index in [4.69, 9.17) is 5.11 Å². The Labute approximate surface area is 106 Å². The molecule has 0 saturated heterocycles. The van der Waals surface area contributed by atoms with E-state index >= 15 is 0 Å². The van der Waals surface area contributed by atoms with Crippen molar-refractivity contribution >= 4 is 17.9 Å². The summed E-state index contributed by atoms with van der Waals surface area (Å²) in [5.41, 5.74) is 0. The van der Waals surface area contributed by atoms with Gasteiger partial charge in [-0.15, -0.1) is 0 Å². The minimum absolute atomic E-state index is 0.0643. The van der Waals surface area contributed by atoms with Gasteiger partial charge >= 0.3 is 12.0 Å². The third-order valence-electron chi connectivity index (χ3n) is 2.30. The third-order valence-corrected chi connectivity index (χ3v) is 2.30. The van der Waals surface area contributed by atoms with Crippen molar-refractivity contribution in [2.45, 2.75) is 26.7 Å². The molecule has 7 nitrogen and oxygen atoms in total. The summed E-state index contributed by atoms with van der Waals surface area (Å²) in [5, 5.41) is 16.1. The summed E-state index contributed by atoms with van der Waals surface area (Å²) in [6.45, 7) is 4.26. The molecular formula is C11H21N3O4. The first-order chi connectivity index (χ1) is 8.47. The van der Waals surface area contributed by atoms with Crippen molar-refractivity contribution in [3.8, 4) is 0 Å². The number of carboxylic acid groups (broad SMARTS) is 1. The maximum Gasteiger partial charge on any atom is 0.315 e. The molecule has 0 aromatic rings. The van der Waals surface area contributed by atoms with Gasteiger partial charge in [-0.25, -0.2) is 4.79 Å². The molecule has 0 fully saturated rings. The van der Waals surface area contributed by atoms with Crippen LogP contribution >= 0.6 is 0 Å². The van der Waals surface area contributed by atoms with Crippen LogP contribution in [-0.2, 0) is 9.59 Å². The molecule has 0 aliphatic heterocycles. The number of carboxylic acids is 1. The molecule has 1 atom stereocenters. The molecule has 18 heavy (non-hydrogen) atoms. The molecule has 0 saturated carbocycles. The fraction of sp³-hybridized carbons (Fsp3) is 0.727. The summed E-state index contributed by atoms with van der Waals surface area (Å²) < 4.78 is 0. The maximum absolute atomic E-state index is 11.2. The second-order valence-electron chi connectivity index (χ2n) is 3.94. The number of likely N-dealkylation sites (N-methyl/N-ethyl adjacent to an activating group) is 1. The van der Waals surface area contributed by atoms with E-state index in [2.05, 4.69) is 16.0 Å². The maximum atomic E-state index is 11.2. The number of rotatable bonds is 8. The normalized spacial score (nSPS) is 11.4. The summed E-state index contributed by atoms with van der Waals surface area (Å²) in [4.78, 5) is 32.8. The molecule has 3 amide bonds. The summed E-state index contributed by atoms with van der Waals surface area (Å²) >= 11 is 0. The molecule has 4 N–H and O–H groups in total. The summed E-state index contributed by atoms with van der Waals surface area (Å²) in [7, 11) is 0. The van der Waals surface area contributed by atoms with E-state index in [1.165, 1.54) is 0 Å². The molecular weight excluding hydrogens is 238 g/mol. The van der Waals surface area contributed by atoms with Crippen LogP contribution < -0.4 is 16.0 Å². The van der Waals surface area contributed by atoms with Crippen LogP contribution in [0.1, 0.15) is 26.7 Å². The SMILES string of the molecule is CCNC(=O)CNC(=O)NCCCC(C)C(=O)O. The molecule has 0 aliphatic carbocycles. The predicted molar refractivity (Wildman–Crippen MR) is 66.1 cm³/mol. The lowest BCUT2D eigenvalue weighted by molar-refractivity contribution is -0.141. The van der Waals surface area contributed by atoms with E-state index in [9.17, 15) is 14.4 Å². The molecule has 0 aromatic heterocycles. The predicted octanol–water partition coefficient (Wildman–Crippen LogP) is -0.0774. The Kier molecular flexibility index (Phi) is 8.34. The second-order valence-corrected chi connectivity index (χ2v) is 3.94. The monoisotopic (exact) mass is 259 g/mol. The van der Waals surface area contributed by atoms with Crippen LogP contribution in [0.15, 0.2) is 0 Å². The van der Waals surface area contributed by atoms with Crippen LogP contribution in [0.2, 0.25) is 0 Å². The van der Waals surface area contributed by atoms with Gasteiger partial charge in [0, 0.05) is 13.1 Å². The summed E-state index contributed by atoms with van der Waals surface area (Å²) in [5.74, 6) is -1.49. The van der Waals surface area contributed by atoms with Gasteiger partial charge in [0.05, 0.1) is 12.5 Å². The molecule has 0 heterocycles. The Bertz CT molecular complexity index is 294.